The summed E-state index contributed by atoms with van der Waals surface area (Å²) in [5.74, 6) is 0.180. The highest BCUT2D eigenvalue weighted by Crippen LogP contribution is 2.21. The Morgan fingerprint density at radius 1 is 1.09 bits per heavy atom. The summed E-state index contributed by atoms with van der Waals surface area (Å²) >= 11 is 0. The van der Waals surface area contributed by atoms with Gasteiger partial charge in [-0.3, -0.25) is 14.4 Å². The number of rotatable bonds is 2. The van der Waals surface area contributed by atoms with Crippen molar-refractivity contribution in [2.75, 3.05) is 39.4 Å². The van der Waals surface area contributed by atoms with Gasteiger partial charge < -0.3 is 9.64 Å². The Hall–Kier alpha value is -1.40. The van der Waals surface area contributed by atoms with Gasteiger partial charge in [0.1, 0.15) is 0 Å². The molecule has 0 aromatic carbocycles. The molecular formula is C17H26N4O2. The maximum Gasteiger partial charge on any atom is 0.257 e. The first-order valence-corrected chi connectivity index (χ1v) is 8.98. The Kier molecular flexibility index (Phi) is 4.35. The molecule has 126 valence electrons. The lowest BCUT2D eigenvalue weighted by Gasteiger charge is -2.40. The molecule has 1 amide bonds. The molecule has 4 heterocycles. The minimum absolute atomic E-state index is 0.180. The summed E-state index contributed by atoms with van der Waals surface area (Å²) in [6.07, 6.45) is 7.38. The molecule has 1 aromatic rings. The first kappa shape index (κ1) is 15.1. The average Bonchev–Trinajstić information content (AvgIpc) is 3.06. The molecule has 6 heteroatoms. The summed E-state index contributed by atoms with van der Waals surface area (Å²) in [4.78, 5) is 17.4. The van der Waals surface area contributed by atoms with Crippen LogP contribution in [0.4, 0.5) is 0 Å². The van der Waals surface area contributed by atoms with Crippen LogP contribution in [0.25, 0.3) is 0 Å². The van der Waals surface area contributed by atoms with Crippen LogP contribution in [-0.2, 0) is 17.7 Å². The average molecular weight is 318 g/mol. The van der Waals surface area contributed by atoms with Gasteiger partial charge in [0, 0.05) is 52.0 Å². The van der Waals surface area contributed by atoms with Crippen LogP contribution < -0.4 is 0 Å². The van der Waals surface area contributed by atoms with Crippen molar-refractivity contribution >= 4 is 5.91 Å². The molecule has 4 rings (SSSR count). The fourth-order valence-electron chi connectivity index (χ4n) is 4.11. The summed E-state index contributed by atoms with van der Waals surface area (Å²) in [6.45, 7) is 6.36. The van der Waals surface area contributed by atoms with E-state index in [1.54, 1.807) is 6.20 Å². The molecule has 0 spiro atoms. The zero-order chi connectivity index (χ0) is 15.6. The molecule has 2 saturated heterocycles. The summed E-state index contributed by atoms with van der Waals surface area (Å²) < 4.78 is 7.47. The number of hydrogen-bond acceptors (Lipinski definition) is 4. The number of ether oxygens (including phenoxy) is 1. The first-order chi connectivity index (χ1) is 11.3. The van der Waals surface area contributed by atoms with E-state index in [2.05, 4.69) is 10.00 Å². The summed E-state index contributed by atoms with van der Waals surface area (Å²) in [5, 5.41) is 4.41. The lowest BCUT2D eigenvalue weighted by molar-refractivity contribution is 0.0137. The predicted molar refractivity (Wildman–Crippen MR) is 86.5 cm³/mol. The van der Waals surface area contributed by atoms with Crippen LogP contribution in [-0.4, -0.2) is 70.9 Å². The third-order valence-electron chi connectivity index (χ3n) is 5.52. The van der Waals surface area contributed by atoms with Gasteiger partial charge in [0.25, 0.3) is 5.91 Å². The molecule has 3 aliphatic rings. The Balaban J connectivity index is 1.38. The zero-order valence-corrected chi connectivity index (χ0v) is 13.7. The van der Waals surface area contributed by atoms with Crippen LogP contribution in [0.15, 0.2) is 6.20 Å². The largest absolute Gasteiger partial charge is 0.381 e. The number of hydrogen-bond donors (Lipinski definition) is 0. The molecule has 3 aliphatic heterocycles. The Morgan fingerprint density at radius 3 is 2.65 bits per heavy atom. The molecule has 0 unspecified atom stereocenters. The molecule has 0 aliphatic carbocycles. The monoisotopic (exact) mass is 318 g/mol. The Labute approximate surface area is 137 Å². The third-order valence-corrected chi connectivity index (χ3v) is 5.52. The van der Waals surface area contributed by atoms with Crippen LogP contribution >= 0.6 is 0 Å². The van der Waals surface area contributed by atoms with E-state index in [9.17, 15) is 4.79 Å². The number of carbonyl (C=O) groups is 1. The fourth-order valence-corrected chi connectivity index (χ4v) is 4.11. The van der Waals surface area contributed by atoms with Gasteiger partial charge in [-0.1, -0.05) is 0 Å². The smallest absolute Gasteiger partial charge is 0.257 e. The molecule has 0 saturated carbocycles. The molecule has 6 nitrogen and oxygen atoms in total. The Bertz CT molecular complexity index is 557. The summed E-state index contributed by atoms with van der Waals surface area (Å²) in [5.41, 5.74) is 1.98. The Morgan fingerprint density at radius 2 is 1.87 bits per heavy atom. The molecule has 2 fully saturated rings. The van der Waals surface area contributed by atoms with Crippen LogP contribution in [0, 0.1) is 0 Å². The van der Waals surface area contributed by atoms with Crippen molar-refractivity contribution < 1.29 is 9.53 Å². The lowest BCUT2D eigenvalue weighted by Crippen LogP contribution is -2.53. The molecule has 0 atom stereocenters. The zero-order valence-electron chi connectivity index (χ0n) is 13.7. The van der Waals surface area contributed by atoms with E-state index in [0.29, 0.717) is 6.04 Å². The van der Waals surface area contributed by atoms with E-state index < -0.39 is 0 Å². The summed E-state index contributed by atoms with van der Waals surface area (Å²) in [7, 11) is 0. The van der Waals surface area contributed by atoms with Crippen LogP contribution in [0.1, 0.15) is 41.7 Å². The van der Waals surface area contributed by atoms with Gasteiger partial charge >= 0.3 is 0 Å². The molecule has 0 bridgehead atoms. The molecule has 0 radical (unpaired) electrons. The van der Waals surface area contributed by atoms with Gasteiger partial charge in [-0.25, -0.2) is 0 Å². The van der Waals surface area contributed by atoms with Gasteiger partial charge in [0.15, 0.2) is 0 Å². The number of aryl methyl sites for hydroxylation is 1. The second-order valence-electron chi connectivity index (χ2n) is 6.86. The maximum absolute atomic E-state index is 12.8. The number of aromatic nitrogens is 2. The minimum atomic E-state index is 0.180. The molecule has 0 N–H and O–H groups in total. The summed E-state index contributed by atoms with van der Waals surface area (Å²) in [6, 6.07) is 0.643. The number of amides is 1. The number of carbonyl (C=O) groups excluding carboxylic acids is 1. The van der Waals surface area contributed by atoms with Gasteiger partial charge in [-0.05, 0) is 32.1 Å². The van der Waals surface area contributed by atoms with E-state index in [4.69, 9.17) is 4.74 Å². The van der Waals surface area contributed by atoms with E-state index in [0.717, 1.165) is 76.5 Å². The highest BCUT2D eigenvalue weighted by atomic mass is 16.5. The SMILES string of the molecule is O=C(c1cnn2c1CCCC2)N1CCN(C2CCOCC2)CC1. The van der Waals surface area contributed by atoms with Crippen molar-refractivity contribution in [1.29, 1.82) is 0 Å². The lowest BCUT2D eigenvalue weighted by atomic mass is 10.0. The standard InChI is InChI=1S/C17H26N4O2/c22-17(15-13-18-21-6-2-1-3-16(15)21)20-9-7-19(8-10-20)14-4-11-23-12-5-14/h13-14H,1-12H2. The molecule has 23 heavy (non-hydrogen) atoms. The van der Waals surface area contributed by atoms with Crippen molar-refractivity contribution in [1.82, 2.24) is 19.6 Å². The maximum atomic E-state index is 12.8. The molecular weight excluding hydrogens is 292 g/mol. The highest BCUT2D eigenvalue weighted by Gasteiger charge is 2.29. The van der Waals surface area contributed by atoms with Crippen molar-refractivity contribution in [3.8, 4) is 0 Å². The van der Waals surface area contributed by atoms with E-state index in [-0.39, 0.29) is 5.91 Å². The highest BCUT2D eigenvalue weighted by molar-refractivity contribution is 5.95. The van der Waals surface area contributed by atoms with Gasteiger partial charge in [0.2, 0.25) is 0 Å². The van der Waals surface area contributed by atoms with E-state index in [1.165, 1.54) is 12.8 Å². The van der Waals surface area contributed by atoms with E-state index >= 15 is 0 Å². The van der Waals surface area contributed by atoms with E-state index in [1.807, 2.05) is 9.58 Å². The van der Waals surface area contributed by atoms with Crippen molar-refractivity contribution in [2.45, 2.75) is 44.7 Å². The van der Waals surface area contributed by atoms with Gasteiger partial charge in [-0.2, -0.15) is 5.10 Å². The third kappa shape index (κ3) is 3.02. The number of nitrogens with zero attached hydrogens (tertiary/aromatic N) is 4. The van der Waals surface area contributed by atoms with Gasteiger partial charge in [0.05, 0.1) is 17.5 Å². The predicted octanol–water partition coefficient (Wildman–Crippen LogP) is 1.16. The number of piperazine rings is 1. The first-order valence-electron chi connectivity index (χ1n) is 8.98. The van der Waals surface area contributed by atoms with Crippen LogP contribution in [0.3, 0.4) is 0 Å². The topological polar surface area (TPSA) is 50.6 Å². The quantitative estimate of drug-likeness (QED) is 0.821. The van der Waals surface area contributed by atoms with Crippen LogP contribution in [0.2, 0.25) is 0 Å². The van der Waals surface area contributed by atoms with Crippen molar-refractivity contribution in [2.24, 2.45) is 0 Å². The minimum Gasteiger partial charge on any atom is -0.381 e. The second kappa shape index (κ2) is 6.61. The van der Waals surface area contributed by atoms with Crippen molar-refractivity contribution in [3.63, 3.8) is 0 Å². The van der Waals surface area contributed by atoms with Crippen LogP contribution in [0.5, 0.6) is 0 Å². The van der Waals surface area contributed by atoms with Gasteiger partial charge in [-0.15, -0.1) is 0 Å². The normalized spacial score (nSPS) is 23.7. The second-order valence-corrected chi connectivity index (χ2v) is 6.86. The van der Waals surface area contributed by atoms with Crippen molar-refractivity contribution in [3.05, 3.63) is 17.5 Å². The number of fused-ring (bicyclic) bond motifs is 1. The molecule has 1 aromatic heterocycles. The fraction of sp³-hybridized carbons (Fsp3) is 0.765.